The van der Waals surface area contributed by atoms with Crippen molar-refractivity contribution in [2.24, 2.45) is 0 Å². The summed E-state index contributed by atoms with van der Waals surface area (Å²) in [4.78, 5) is 13.7. The van der Waals surface area contributed by atoms with Crippen molar-refractivity contribution in [3.05, 3.63) is 23.3 Å². The first kappa shape index (κ1) is 13.1. The second kappa shape index (κ2) is 4.60. The minimum absolute atomic E-state index is 0.0796. The van der Waals surface area contributed by atoms with E-state index in [1.54, 1.807) is 4.90 Å². The summed E-state index contributed by atoms with van der Waals surface area (Å²) in [6.07, 6.45) is -0.00330. The molecule has 0 N–H and O–H groups in total. The van der Waals surface area contributed by atoms with Crippen molar-refractivity contribution >= 4 is 5.91 Å². The highest BCUT2D eigenvalue weighted by molar-refractivity contribution is 5.93. The molecule has 8 heteroatoms. The van der Waals surface area contributed by atoms with Crippen molar-refractivity contribution in [1.82, 2.24) is 19.7 Å². The number of allylic oxidation sites excluding steroid dienone is 1. The van der Waals surface area contributed by atoms with Gasteiger partial charge >= 0.3 is 6.18 Å². The summed E-state index contributed by atoms with van der Waals surface area (Å²) in [6.45, 7) is 0.416. The van der Waals surface area contributed by atoms with Gasteiger partial charge in [0.2, 0.25) is 11.7 Å². The van der Waals surface area contributed by atoms with Crippen LogP contribution in [-0.2, 0) is 24.1 Å². The zero-order chi connectivity index (χ0) is 14.3. The molecule has 0 fully saturated rings. The van der Waals surface area contributed by atoms with Crippen LogP contribution in [0, 0.1) is 0 Å². The summed E-state index contributed by atoms with van der Waals surface area (Å²) in [6, 6.07) is 0. The fraction of sp³-hybridized carbons (Fsp3) is 0.583. The summed E-state index contributed by atoms with van der Waals surface area (Å²) >= 11 is 0. The number of carbonyl (C=O) groups is 1. The third kappa shape index (κ3) is 2.19. The van der Waals surface area contributed by atoms with E-state index in [-0.39, 0.29) is 31.4 Å². The first-order valence-corrected chi connectivity index (χ1v) is 6.44. The van der Waals surface area contributed by atoms with Gasteiger partial charge in [0.15, 0.2) is 5.82 Å². The minimum Gasteiger partial charge on any atom is -0.330 e. The van der Waals surface area contributed by atoms with Crippen LogP contribution in [0.2, 0.25) is 0 Å². The average molecular weight is 286 g/mol. The van der Waals surface area contributed by atoms with Crippen molar-refractivity contribution in [2.45, 2.75) is 38.5 Å². The molecule has 1 amide bonds. The molecule has 2 heterocycles. The minimum atomic E-state index is -4.51. The normalized spacial score (nSPS) is 18.9. The Morgan fingerprint density at radius 1 is 1.25 bits per heavy atom. The van der Waals surface area contributed by atoms with Gasteiger partial charge in [-0.1, -0.05) is 6.08 Å². The predicted molar refractivity (Wildman–Crippen MR) is 62.4 cm³/mol. The van der Waals surface area contributed by atoms with Crippen LogP contribution >= 0.6 is 0 Å². The van der Waals surface area contributed by atoms with Crippen molar-refractivity contribution in [2.75, 3.05) is 6.54 Å². The molecule has 0 atom stereocenters. The summed E-state index contributed by atoms with van der Waals surface area (Å²) in [5.74, 6) is -0.888. The third-order valence-electron chi connectivity index (χ3n) is 3.61. The number of rotatable bonds is 1. The second-order valence-corrected chi connectivity index (χ2v) is 4.94. The van der Waals surface area contributed by atoms with Gasteiger partial charge in [0.05, 0.1) is 6.54 Å². The highest BCUT2D eigenvalue weighted by atomic mass is 19.4. The van der Waals surface area contributed by atoms with Crippen LogP contribution in [0.25, 0.3) is 0 Å². The number of nitrogens with zero attached hydrogens (tertiary/aromatic N) is 4. The lowest BCUT2D eigenvalue weighted by atomic mass is 10.2. The van der Waals surface area contributed by atoms with Gasteiger partial charge in [-0.2, -0.15) is 13.2 Å². The number of carbonyl (C=O) groups excluding carboxylic acids is 1. The van der Waals surface area contributed by atoms with Crippen molar-refractivity contribution in [3.8, 4) is 0 Å². The second-order valence-electron chi connectivity index (χ2n) is 4.94. The zero-order valence-electron chi connectivity index (χ0n) is 10.7. The quantitative estimate of drug-likeness (QED) is 0.790. The smallest absolute Gasteiger partial charge is 0.330 e. The van der Waals surface area contributed by atoms with Crippen molar-refractivity contribution < 1.29 is 18.0 Å². The molecule has 0 bridgehead atoms. The molecule has 0 aromatic carbocycles. The van der Waals surface area contributed by atoms with E-state index in [1.165, 1.54) is 0 Å². The Bertz CT molecular complexity index is 576. The monoisotopic (exact) mass is 286 g/mol. The Morgan fingerprint density at radius 2 is 2.05 bits per heavy atom. The van der Waals surface area contributed by atoms with E-state index in [0.717, 1.165) is 29.4 Å². The molecular formula is C12H13F3N4O. The number of aromatic nitrogens is 3. The number of hydrogen-bond acceptors (Lipinski definition) is 3. The van der Waals surface area contributed by atoms with Gasteiger partial charge < -0.3 is 9.47 Å². The van der Waals surface area contributed by atoms with E-state index < -0.39 is 12.0 Å². The summed E-state index contributed by atoms with van der Waals surface area (Å²) in [5, 5.41) is 6.76. The van der Waals surface area contributed by atoms with Crippen molar-refractivity contribution in [1.29, 1.82) is 0 Å². The van der Waals surface area contributed by atoms with Crippen LogP contribution in [0.4, 0.5) is 13.2 Å². The SMILES string of the molecule is O=C(C1=CCCC1)N1CCn2c(nnc2C(F)(F)F)C1. The molecule has 3 rings (SSSR count). The molecule has 1 aliphatic carbocycles. The van der Waals surface area contributed by atoms with Gasteiger partial charge in [0, 0.05) is 18.7 Å². The molecule has 1 aliphatic heterocycles. The Hall–Kier alpha value is -1.86. The maximum Gasteiger partial charge on any atom is 0.451 e. The zero-order valence-corrected chi connectivity index (χ0v) is 10.7. The molecule has 1 aromatic rings. The van der Waals surface area contributed by atoms with Gasteiger partial charge in [-0.05, 0) is 19.3 Å². The maximum atomic E-state index is 12.7. The maximum absolute atomic E-state index is 12.7. The fourth-order valence-electron chi connectivity index (χ4n) is 2.61. The van der Waals surface area contributed by atoms with E-state index in [2.05, 4.69) is 10.2 Å². The molecule has 5 nitrogen and oxygen atoms in total. The summed E-state index contributed by atoms with van der Waals surface area (Å²) < 4.78 is 39.1. The van der Waals surface area contributed by atoms with Crippen molar-refractivity contribution in [3.63, 3.8) is 0 Å². The van der Waals surface area contributed by atoms with Crippen LogP contribution in [0.3, 0.4) is 0 Å². The molecular weight excluding hydrogens is 273 g/mol. The van der Waals surface area contributed by atoms with Gasteiger partial charge in [-0.25, -0.2) is 0 Å². The van der Waals surface area contributed by atoms with E-state index in [9.17, 15) is 18.0 Å². The van der Waals surface area contributed by atoms with Gasteiger partial charge in [-0.3, -0.25) is 4.79 Å². The van der Waals surface area contributed by atoms with Crippen LogP contribution in [0.1, 0.15) is 30.9 Å². The molecule has 0 radical (unpaired) electrons. The molecule has 20 heavy (non-hydrogen) atoms. The largest absolute Gasteiger partial charge is 0.451 e. The first-order chi connectivity index (χ1) is 9.47. The molecule has 108 valence electrons. The van der Waals surface area contributed by atoms with Crippen LogP contribution in [0.15, 0.2) is 11.6 Å². The van der Waals surface area contributed by atoms with Crippen LogP contribution in [-0.4, -0.2) is 32.1 Å². The molecule has 0 spiro atoms. The number of halogens is 3. The molecule has 0 unspecified atom stereocenters. The predicted octanol–water partition coefficient (Wildman–Crippen LogP) is 1.75. The van der Waals surface area contributed by atoms with Crippen LogP contribution in [0.5, 0.6) is 0 Å². The van der Waals surface area contributed by atoms with E-state index in [0.29, 0.717) is 0 Å². The Labute approximate surface area is 113 Å². The van der Waals surface area contributed by atoms with Gasteiger partial charge in [0.1, 0.15) is 0 Å². The van der Waals surface area contributed by atoms with E-state index >= 15 is 0 Å². The lowest BCUT2D eigenvalue weighted by molar-refractivity contribution is -0.148. The Balaban J connectivity index is 1.80. The van der Waals surface area contributed by atoms with Gasteiger partial charge in [0.25, 0.3) is 0 Å². The third-order valence-corrected chi connectivity index (χ3v) is 3.61. The highest BCUT2D eigenvalue weighted by Crippen LogP contribution is 2.30. The molecule has 0 saturated heterocycles. The summed E-state index contributed by atoms with van der Waals surface area (Å²) in [7, 11) is 0. The highest BCUT2D eigenvalue weighted by Gasteiger charge is 2.40. The Morgan fingerprint density at radius 3 is 2.70 bits per heavy atom. The number of alkyl halides is 3. The summed E-state index contributed by atoms with van der Waals surface area (Å²) in [5.41, 5.74) is 0.758. The van der Waals surface area contributed by atoms with Crippen LogP contribution < -0.4 is 0 Å². The number of fused-ring (bicyclic) bond motifs is 1. The lowest BCUT2D eigenvalue weighted by Gasteiger charge is -2.28. The lowest BCUT2D eigenvalue weighted by Crippen LogP contribution is -2.39. The van der Waals surface area contributed by atoms with E-state index in [4.69, 9.17) is 0 Å². The molecule has 2 aliphatic rings. The average Bonchev–Trinajstić information content (AvgIpc) is 3.05. The number of hydrogen-bond donors (Lipinski definition) is 0. The first-order valence-electron chi connectivity index (χ1n) is 6.44. The van der Waals surface area contributed by atoms with E-state index in [1.807, 2.05) is 6.08 Å². The Kier molecular flexibility index (Phi) is 3.02. The fourth-order valence-corrected chi connectivity index (χ4v) is 2.61. The molecule has 0 saturated carbocycles. The number of amides is 1. The van der Waals surface area contributed by atoms with Gasteiger partial charge in [-0.15, -0.1) is 10.2 Å². The topological polar surface area (TPSA) is 51.0 Å². The molecule has 1 aromatic heterocycles. The standard InChI is InChI=1S/C12H13F3N4O/c13-12(14,15)11-17-16-9-7-18(5-6-19(9)11)10(20)8-3-1-2-4-8/h3H,1-2,4-7H2.